The van der Waals surface area contributed by atoms with Crippen molar-refractivity contribution in [2.45, 2.75) is 51.7 Å². The molecule has 0 aromatic rings. The summed E-state index contributed by atoms with van der Waals surface area (Å²) in [7, 11) is 0. The van der Waals surface area contributed by atoms with Crippen LogP contribution in [0.2, 0.25) is 0 Å². The number of amides is 1. The second-order valence-electron chi connectivity index (χ2n) is 7.74. The van der Waals surface area contributed by atoms with Crippen LogP contribution in [0.15, 0.2) is 0 Å². The molecule has 1 amide bonds. The number of halogens is 2. The summed E-state index contributed by atoms with van der Waals surface area (Å²) in [5.41, 5.74) is 0. The van der Waals surface area contributed by atoms with E-state index in [0.29, 0.717) is 13.2 Å². The number of ether oxygens (including phenoxy) is 1. The monoisotopic (exact) mass is 395 g/mol. The van der Waals surface area contributed by atoms with Gasteiger partial charge in [0.15, 0.2) is 0 Å². The molecule has 25 heavy (non-hydrogen) atoms. The first-order valence-electron chi connectivity index (χ1n) is 9.50. The van der Waals surface area contributed by atoms with Gasteiger partial charge in [0, 0.05) is 45.3 Å². The van der Waals surface area contributed by atoms with Crippen LogP contribution in [-0.4, -0.2) is 73.7 Å². The van der Waals surface area contributed by atoms with Gasteiger partial charge in [-0.05, 0) is 37.5 Å². The van der Waals surface area contributed by atoms with Crippen LogP contribution in [0, 0.1) is 11.8 Å². The molecule has 2 heterocycles. The molecule has 5 nitrogen and oxygen atoms in total. The molecule has 1 N–H and O–H groups in total. The van der Waals surface area contributed by atoms with Gasteiger partial charge in [-0.3, -0.25) is 9.69 Å². The Hall–Kier alpha value is -0.0700. The van der Waals surface area contributed by atoms with E-state index in [1.807, 2.05) is 4.90 Å². The summed E-state index contributed by atoms with van der Waals surface area (Å²) in [5.74, 6) is 1.93. The number of nitrogens with one attached hydrogen (secondary N) is 1. The fraction of sp³-hybridized carbons (Fsp3) is 0.944. The van der Waals surface area contributed by atoms with E-state index in [1.54, 1.807) is 0 Å². The van der Waals surface area contributed by atoms with Crippen molar-refractivity contribution in [1.82, 2.24) is 15.1 Å². The Morgan fingerprint density at radius 1 is 1.04 bits per heavy atom. The number of morpholine rings is 1. The van der Waals surface area contributed by atoms with E-state index in [-0.39, 0.29) is 36.8 Å². The molecule has 3 aliphatic rings. The van der Waals surface area contributed by atoms with Gasteiger partial charge in [0.05, 0.1) is 6.61 Å². The van der Waals surface area contributed by atoms with Crippen LogP contribution in [-0.2, 0) is 9.53 Å². The highest BCUT2D eigenvalue weighted by Gasteiger charge is 2.32. The number of carbonyl (C=O) groups excluding carboxylic acids is 1. The second kappa shape index (κ2) is 10.9. The van der Waals surface area contributed by atoms with Gasteiger partial charge in [0.2, 0.25) is 0 Å². The van der Waals surface area contributed by atoms with Crippen molar-refractivity contribution in [3.8, 4) is 0 Å². The van der Waals surface area contributed by atoms with Crippen molar-refractivity contribution >= 4 is 30.7 Å². The van der Waals surface area contributed by atoms with Crippen molar-refractivity contribution in [1.29, 1.82) is 0 Å². The van der Waals surface area contributed by atoms with E-state index in [2.05, 4.69) is 24.1 Å². The zero-order chi connectivity index (χ0) is 16.2. The van der Waals surface area contributed by atoms with Crippen molar-refractivity contribution < 1.29 is 9.53 Å². The van der Waals surface area contributed by atoms with Crippen molar-refractivity contribution in [2.24, 2.45) is 11.8 Å². The Bertz CT molecular complexity index is 390. The molecule has 0 aromatic heterocycles. The third-order valence-electron chi connectivity index (χ3n) is 6.03. The highest BCUT2D eigenvalue weighted by Crippen LogP contribution is 2.32. The summed E-state index contributed by atoms with van der Waals surface area (Å²) < 4.78 is 5.60. The first kappa shape index (κ1) is 23.0. The lowest BCUT2D eigenvalue weighted by Gasteiger charge is -2.43. The average molecular weight is 396 g/mol. The lowest BCUT2D eigenvalue weighted by Crippen LogP contribution is -2.56. The number of carbonyl (C=O) groups is 1. The quantitative estimate of drug-likeness (QED) is 0.794. The van der Waals surface area contributed by atoms with Gasteiger partial charge in [-0.15, -0.1) is 24.8 Å². The fourth-order valence-corrected chi connectivity index (χ4v) is 4.37. The number of piperazine rings is 1. The molecule has 1 unspecified atom stereocenters. The largest absolute Gasteiger partial charge is 0.366 e. The Kier molecular flexibility index (Phi) is 10.0. The number of nitrogens with zero attached hydrogens (tertiary/aromatic N) is 2. The average Bonchev–Trinajstić information content (AvgIpc) is 2.62. The van der Waals surface area contributed by atoms with E-state index in [0.717, 1.165) is 50.6 Å². The molecule has 2 saturated heterocycles. The zero-order valence-electron chi connectivity index (χ0n) is 15.6. The predicted molar refractivity (Wildman–Crippen MR) is 106 cm³/mol. The first-order chi connectivity index (χ1) is 11.1. The van der Waals surface area contributed by atoms with Crippen LogP contribution in [0.1, 0.15) is 39.5 Å². The molecule has 0 aromatic carbocycles. The van der Waals surface area contributed by atoms with E-state index >= 15 is 0 Å². The van der Waals surface area contributed by atoms with Gasteiger partial charge in [-0.25, -0.2) is 0 Å². The van der Waals surface area contributed by atoms with Crippen LogP contribution in [0.4, 0.5) is 0 Å². The van der Waals surface area contributed by atoms with E-state index in [4.69, 9.17) is 4.74 Å². The van der Waals surface area contributed by atoms with Gasteiger partial charge in [-0.1, -0.05) is 13.8 Å². The highest BCUT2D eigenvalue weighted by atomic mass is 35.5. The molecule has 0 radical (unpaired) electrons. The molecule has 1 aliphatic carbocycles. The highest BCUT2D eigenvalue weighted by molar-refractivity contribution is 5.85. The summed E-state index contributed by atoms with van der Waals surface area (Å²) in [6, 6.07) is 0.745. The number of rotatable bonds is 3. The third-order valence-corrected chi connectivity index (χ3v) is 6.03. The Morgan fingerprint density at radius 3 is 2.20 bits per heavy atom. The minimum atomic E-state index is -0.267. The molecule has 7 heteroatoms. The fourth-order valence-electron chi connectivity index (χ4n) is 4.37. The van der Waals surface area contributed by atoms with Crippen LogP contribution in [0.3, 0.4) is 0 Å². The van der Waals surface area contributed by atoms with Crippen molar-refractivity contribution in [2.75, 3.05) is 45.9 Å². The lowest BCUT2D eigenvalue weighted by atomic mass is 9.79. The molecular formula is C18H35Cl2N3O2. The molecule has 148 valence electrons. The second-order valence-corrected chi connectivity index (χ2v) is 7.74. The molecule has 1 saturated carbocycles. The molecule has 0 spiro atoms. The number of hydrogen-bond acceptors (Lipinski definition) is 4. The Labute approximate surface area is 165 Å². The summed E-state index contributed by atoms with van der Waals surface area (Å²) in [6.07, 6.45) is 5.17. The SMILES string of the molecule is CC(C)C1CCC(N2CCN(C(=O)C3CNCCO3)CC2)CC1.Cl.Cl. The van der Waals surface area contributed by atoms with Crippen LogP contribution in [0.5, 0.6) is 0 Å². The minimum absolute atomic E-state index is 0. The molecular weight excluding hydrogens is 361 g/mol. The maximum absolute atomic E-state index is 12.5. The van der Waals surface area contributed by atoms with Crippen molar-refractivity contribution in [3.63, 3.8) is 0 Å². The Balaban J connectivity index is 0.00000156. The minimum Gasteiger partial charge on any atom is -0.366 e. The summed E-state index contributed by atoms with van der Waals surface area (Å²) in [4.78, 5) is 17.1. The van der Waals surface area contributed by atoms with Gasteiger partial charge in [-0.2, -0.15) is 0 Å². The van der Waals surface area contributed by atoms with E-state index in [1.165, 1.54) is 25.7 Å². The predicted octanol–water partition coefficient (Wildman–Crippen LogP) is 2.18. The van der Waals surface area contributed by atoms with Crippen LogP contribution >= 0.6 is 24.8 Å². The summed E-state index contributed by atoms with van der Waals surface area (Å²) >= 11 is 0. The molecule has 2 aliphatic heterocycles. The van der Waals surface area contributed by atoms with Gasteiger partial charge in [0.1, 0.15) is 6.10 Å². The molecule has 0 bridgehead atoms. The maximum atomic E-state index is 12.5. The van der Waals surface area contributed by atoms with Gasteiger partial charge >= 0.3 is 0 Å². The number of hydrogen-bond donors (Lipinski definition) is 1. The summed E-state index contributed by atoms with van der Waals surface area (Å²) in [6.45, 7) is 10.7. The lowest BCUT2D eigenvalue weighted by molar-refractivity contribution is -0.147. The first-order valence-corrected chi connectivity index (χ1v) is 9.50. The zero-order valence-corrected chi connectivity index (χ0v) is 17.2. The third kappa shape index (κ3) is 5.96. The molecule has 3 fully saturated rings. The van der Waals surface area contributed by atoms with Crippen LogP contribution < -0.4 is 5.32 Å². The van der Waals surface area contributed by atoms with Crippen LogP contribution in [0.25, 0.3) is 0 Å². The topological polar surface area (TPSA) is 44.8 Å². The smallest absolute Gasteiger partial charge is 0.253 e. The van der Waals surface area contributed by atoms with Gasteiger partial charge < -0.3 is 15.0 Å². The van der Waals surface area contributed by atoms with E-state index in [9.17, 15) is 4.79 Å². The summed E-state index contributed by atoms with van der Waals surface area (Å²) in [5, 5.41) is 3.25. The normalized spacial score (nSPS) is 31.2. The standard InChI is InChI=1S/C18H33N3O2.2ClH/c1-14(2)15-3-5-16(6-4-15)20-8-10-21(11-9-20)18(22)17-13-19-7-12-23-17;;/h14-17,19H,3-13H2,1-2H3;2*1H. The van der Waals surface area contributed by atoms with E-state index < -0.39 is 0 Å². The molecule has 1 atom stereocenters. The van der Waals surface area contributed by atoms with Crippen molar-refractivity contribution in [3.05, 3.63) is 0 Å². The molecule has 3 rings (SSSR count). The Morgan fingerprint density at radius 2 is 1.68 bits per heavy atom. The maximum Gasteiger partial charge on any atom is 0.253 e. The van der Waals surface area contributed by atoms with Gasteiger partial charge in [0.25, 0.3) is 5.91 Å².